The monoisotopic (exact) mass is 288 g/mol. The Labute approximate surface area is 115 Å². The normalized spacial score (nSPS) is 12.2. The summed E-state index contributed by atoms with van der Waals surface area (Å²) >= 11 is 0. The second-order valence-corrected chi connectivity index (χ2v) is 4.16. The standard InChI is InChI=1S/C13H18F2N2O3/c1-20-5-4-17-13(19)8-16-7-12(18)9-2-3-10(14)11(15)6-9/h2-3,6,12,16,18H,4-5,7-8H2,1H3,(H,17,19). The summed E-state index contributed by atoms with van der Waals surface area (Å²) in [5.74, 6) is -2.22. The number of rotatable bonds is 8. The minimum absolute atomic E-state index is 0.0183. The van der Waals surface area contributed by atoms with Gasteiger partial charge in [-0.25, -0.2) is 8.78 Å². The lowest BCUT2D eigenvalue weighted by Gasteiger charge is -2.12. The van der Waals surface area contributed by atoms with E-state index in [2.05, 4.69) is 10.6 Å². The van der Waals surface area contributed by atoms with Gasteiger partial charge >= 0.3 is 0 Å². The predicted octanol–water partition coefficient (Wildman–Crippen LogP) is 0.350. The third-order valence-corrected chi connectivity index (χ3v) is 2.58. The fraction of sp³-hybridized carbons (Fsp3) is 0.462. The number of hydrogen-bond donors (Lipinski definition) is 3. The lowest BCUT2D eigenvalue weighted by atomic mass is 10.1. The molecule has 0 saturated heterocycles. The zero-order chi connectivity index (χ0) is 15.0. The van der Waals surface area contributed by atoms with Crippen LogP contribution in [-0.2, 0) is 9.53 Å². The van der Waals surface area contributed by atoms with Crippen molar-refractivity contribution < 1.29 is 23.4 Å². The molecule has 0 aromatic heterocycles. The largest absolute Gasteiger partial charge is 0.387 e. The van der Waals surface area contributed by atoms with Crippen LogP contribution in [0.1, 0.15) is 11.7 Å². The van der Waals surface area contributed by atoms with E-state index in [9.17, 15) is 18.7 Å². The SMILES string of the molecule is COCCNC(=O)CNCC(O)c1ccc(F)c(F)c1. The number of aliphatic hydroxyl groups is 1. The average molecular weight is 288 g/mol. The molecule has 1 unspecified atom stereocenters. The average Bonchev–Trinajstić information content (AvgIpc) is 2.42. The van der Waals surface area contributed by atoms with Crippen LogP contribution in [-0.4, -0.2) is 44.4 Å². The van der Waals surface area contributed by atoms with Gasteiger partial charge in [0.1, 0.15) is 0 Å². The quantitative estimate of drug-likeness (QED) is 0.604. The van der Waals surface area contributed by atoms with Crippen molar-refractivity contribution in [2.24, 2.45) is 0 Å². The van der Waals surface area contributed by atoms with E-state index in [1.165, 1.54) is 13.2 Å². The van der Waals surface area contributed by atoms with Gasteiger partial charge in [-0.2, -0.15) is 0 Å². The Balaban J connectivity index is 2.30. The molecule has 112 valence electrons. The molecule has 1 amide bonds. The number of methoxy groups -OCH3 is 1. The summed E-state index contributed by atoms with van der Waals surface area (Å²) in [6.45, 7) is 0.902. The van der Waals surface area contributed by atoms with Crippen LogP contribution in [0.25, 0.3) is 0 Å². The van der Waals surface area contributed by atoms with E-state index in [0.717, 1.165) is 12.1 Å². The highest BCUT2D eigenvalue weighted by molar-refractivity contribution is 5.77. The summed E-state index contributed by atoms with van der Waals surface area (Å²) in [6.07, 6.45) is -1.02. The number of benzene rings is 1. The maximum atomic E-state index is 13.0. The fourth-order valence-corrected chi connectivity index (χ4v) is 1.51. The summed E-state index contributed by atoms with van der Waals surface area (Å²) in [5.41, 5.74) is 0.246. The Bertz CT molecular complexity index is 444. The zero-order valence-corrected chi connectivity index (χ0v) is 11.2. The molecule has 0 aliphatic heterocycles. The molecule has 0 radical (unpaired) electrons. The topological polar surface area (TPSA) is 70.6 Å². The smallest absolute Gasteiger partial charge is 0.234 e. The molecular formula is C13H18F2N2O3. The molecule has 0 aliphatic rings. The Morgan fingerprint density at radius 1 is 1.40 bits per heavy atom. The molecule has 0 spiro atoms. The first-order valence-corrected chi connectivity index (χ1v) is 6.14. The van der Waals surface area contributed by atoms with Crippen molar-refractivity contribution in [2.75, 3.05) is 33.4 Å². The molecule has 7 heteroatoms. The maximum Gasteiger partial charge on any atom is 0.234 e. The van der Waals surface area contributed by atoms with E-state index in [0.29, 0.717) is 13.2 Å². The van der Waals surface area contributed by atoms with Crippen LogP contribution < -0.4 is 10.6 Å². The number of aliphatic hydroxyl groups excluding tert-OH is 1. The maximum absolute atomic E-state index is 13.0. The van der Waals surface area contributed by atoms with Gasteiger partial charge in [-0.05, 0) is 17.7 Å². The third kappa shape index (κ3) is 5.60. The fourth-order valence-electron chi connectivity index (χ4n) is 1.51. The van der Waals surface area contributed by atoms with Crippen molar-refractivity contribution in [3.8, 4) is 0 Å². The molecule has 0 aliphatic carbocycles. The van der Waals surface area contributed by atoms with Crippen LogP contribution in [0.5, 0.6) is 0 Å². The molecule has 0 heterocycles. The van der Waals surface area contributed by atoms with Gasteiger partial charge in [-0.15, -0.1) is 0 Å². The number of nitrogens with one attached hydrogen (secondary N) is 2. The van der Waals surface area contributed by atoms with Gasteiger partial charge in [-0.1, -0.05) is 6.07 Å². The van der Waals surface area contributed by atoms with Gasteiger partial charge in [0, 0.05) is 20.2 Å². The van der Waals surface area contributed by atoms with Crippen molar-refractivity contribution in [3.05, 3.63) is 35.4 Å². The molecule has 20 heavy (non-hydrogen) atoms. The Kier molecular flexibility index (Phi) is 7.06. The molecule has 1 atom stereocenters. The van der Waals surface area contributed by atoms with Crippen molar-refractivity contribution in [3.63, 3.8) is 0 Å². The first-order chi connectivity index (χ1) is 9.54. The number of carbonyl (C=O) groups excluding carboxylic acids is 1. The summed E-state index contributed by atoms with van der Waals surface area (Å²) in [7, 11) is 1.53. The molecule has 1 aromatic rings. The number of amides is 1. The van der Waals surface area contributed by atoms with Crippen LogP contribution in [0.2, 0.25) is 0 Å². The molecular weight excluding hydrogens is 270 g/mol. The van der Waals surface area contributed by atoms with Gasteiger partial charge in [0.15, 0.2) is 11.6 Å². The van der Waals surface area contributed by atoms with E-state index in [1.54, 1.807) is 0 Å². The van der Waals surface area contributed by atoms with E-state index in [1.807, 2.05) is 0 Å². The molecule has 0 saturated carbocycles. The highest BCUT2D eigenvalue weighted by atomic mass is 19.2. The van der Waals surface area contributed by atoms with Crippen molar-refractivity contribution in [2.45, 2.75) is 6.10 Å². The van der Waals surface area contributed by atoms with Gasteiger partial charge in [0.05, 0.1) is 19.3 Å². The summed E-state index contributed by atoms with van der Waals surface area (Å²) < 4.78 is 30.5. The van der Waals surface area contributed by atoms with Crippen LogP contribution in [0, 0.1) is 11.6 Å². The van der Waals surface area contributed by atoms with E-state index in [4.69, 9.17) is 4.74 Å². The predicted molar refractivity (Wildman–Crippen MR) is 69.1 cm³/mol. The molecule has 1 aromatic carbocycles. The van der Waals surface area contributed by atoms with E-state index in [-0.39, 0.29) is 24.6 Å². The highest BCUT2D eigenvalue weighted by Gasteiger charge is 2.11. The van der Waals surface area contributed by atoms with Crippen molar-refractivity contribution in [1.29, 1.82) is 0 Å². The van der Waals surface area contributed by atoms with Crippen molar-refractivity contribution in [1.82, 2.24) is 10.6 Å². The van der Waals surface area contributed by atoms with Crippen LogP contribution >= 0.6 is 0 Å². The van der Waals surface area contributed by atoms with Crippen LogP contribution in [0.15, 0.2) is 18.2 Å². The molecule has 0 bridgehead atoms. The van der Waals surface area contributed by atoms with E-state index >= 15 is 0 Å². The lowest BCUT2D eigenvalue weighted by Crippen LogP contribution is -2.37. The molecule has 1 rings (SSSR count). The molecule has 5 nitrogen and oxygen atoms in total. The lowest BCUT2D eigenvalue weighted by molar-refractivity contribution is -0.120. The van der Waals surface area contributed by atoms with Gasteiger partial charge in [0.2, 0.25) is 5.91 Å². The molecule has 3 N–H and O–H groups in total. The van der Waals surface area contributed by atoms with Crippen molar-refractivity contribution >= 4 is 5.91 Å². The zero-order valence-electron chi connectivity index (χ0n) is 11.2. The first kappa shape index (κ1) is 16.5. The number of hydrogen-bond acceptors (Lipinski definition) is 4. The van der Waals surface area contributed by atoms with Gasteiger partial charge < -0.3 is 20.5 Å². The number of carbonyl (C=O) groups is 1. The van der Waals surface area contributed by atoms with Gasteiger partial charge in [0.25, 0.3) is 0 Å². The van der Waals surface area contributed by atoms with Crippen LogP contribution in [0.3, 0.4) is 0 Å². The number of ether oxygens (including phenoxy) is 1. The Morgan fingerprint density at radius 3 is 2.80 bits per heavy atom. The number of halogens is 2. The van der Waals surface area contributed by atoms with E-state index < -0.39 is 17.7 Å². The summed E-state index contributed by atoms with van der Waals surface area (Å²) in [4.78, 5) is 11.3. The van der Waals surface area contributed by atoms with Gasteiger partial charge in [-0.3, -0.25) is 4.79 Å². The Morgan fingerprint density at radius 2 is 2.15 bits per heavy atom. The second-order valence-electron chi connectivity index (χ2n) is 4.16. The summed E-state index contributed by atoms with van der Waals surface area (Å²) in [5, 5.41) is 15.1. The summed E-state index contributed by atoms with van der Waals surface area (Å²) in [6, 6.07) is 3.18. The Hall–Kier alpha value is -1.57. The minimum atomic E-state index is -1.02. The van der Waals surface area contributed by atoms with Crippen LogP contribution in [0.4, 0.5) is 8.78 Å². The third-order valence-electron chi connectivity index (χ3n) is 2.58. The molecule has 0 fully saturated rings. The first-order valence-electron chi connectivity index (χ1n) is 6.14. The minimum Gasteiger partial charge on any atom is -0.387 e. The highest BCUT2D eigenvalue weighted by Crippen LogP contribution is 2.15. The second kappa shape index (κ2) is 8.57.